The Balaban J connectivity index is 1.43. The number of nitrogens with one attached hydrogen (secondary N) is 2. The molecule has 2 aliphatic rings. The summed E-state index contributed by atoms with van der Waals surface area (Å²) >= 11 is 0. The Morgan fingerprint density at radius 1 is 1.19 bits per heavy atom. The van der Waals surface area contributed by atoms with Crippen molar-refractivity contribution in [3.05, 3.63) is 30.3 Å². The zero-order chi connectivity index (χ0) is 19.1. The van der Waals surface area contributed by atoms with Gasteiger partial charge in [0.05, 0.1) is 6.04 Å². The number of amides is 1. The number of rotatable bonds is 5. The molecule has 0 radical (unpaired) electrons. The van der Waals surface area contributed by atoms with Gasteiger partial charge in [0.2, 0.25) is 5.91 Å². The van der Waals surface area contributed by atoms with Crippen LogP contribution in [-0.2, 0) is 4.79 Å². The Hall–Kier alpha value is -2.12. The minimum absolute atomic E-state index is 0.0794. The molecule has 148 valence electrons. The van der Waals surface area contributed by atoms with Crippen LogP contribution in [0.25, 0.3) is 0 Å². The quantitative estimate of drug-likeness (QED) is 0.585. The number of likely N-dealkylation sites (N-methyl/N-ethyl adjacent to an activating group) is 1. The molecule has 0 aliphatic carbocycles. The Bertz CT molecular complexity index is 635. The molecule has 2 N–H and O–H groups in total. The number of benzene rings is 1. The van der Waals surface area contributed by atoms with E-state index in [2.05, 4.69) is 32.5 Å². The van der Waals surface area contributed by atoms with Crippen LogP contribution in [0, 0.1) is 0 Å². The van der Waals surface area contributed by atoms with Crippen LogP contribution in [0.1, 0.15) is 12.8 Å². The molecule has 2 aliphatic heterocycles. The van der Waals surface area contributed by atoms with E-state index in [-0.39, 0.29) is 11.9 Å². The number of carbonyl (C=O) groups is 1. The van der Waals surface area contributed by atoms with Crippen molar-refractivity contribution < 1.29 is 4.79 Å². The first-order valence-electron chi connectivity index (χ1n) is 9.89. The Labute approximate surface area is 162 Å². The maximum Gasteiger partial charge on any atom is 0.229 e. The molecule has 0 aromatic heterocycles. The van der Waals surface area contributed by atoms with Crippen LogP contribution in [0.4, 0.5) is 5.69 Å². The average Bonchev–Trinajstić information content (AvgIpc) is 2.92. The standard InChI is InChI=1S/C20H32N6O/c1-21-20(22-9-12-25-11-6-10-24(2)13-14-25)23-17-15-19(27)26(16-17)18-7-4-3-5-8-18/h3-5,7-8,17H,6,9-16H2,1-2H3,(H2,21,22,23). The minimum Gasteiger partial charge on any atom is -0.355 e. The summed E-state index contributed by atoms with van der Waals surface area (Å²) in [7, 11) is 3.97. The summed E-state index contributed by atoms with van der Waals surface area (Å²) in [5.74, 6) is 0.928. The van der Waals surface area contributed by atoms with E-state index in [4.69, 9.17) is 0 Å². The monoisotopic (exact) mass is 372 g/mol. The number of para-hydroxylation sites is 1. The normalized spacial score (nSPS) is 22.7. The number of carbonyl (C=O) groups excluding carboxylic acids is 1. The maximum absolute atomic E-state index is 12.3. The summed E-state index contributed by atoms with van der Waals surface area (Å²) in [5.41, 5.74) is 0.959. The van der Waals surface area contributed by atoms with Gasteiger partial charge in [-0.25, -0.2) is 0 Å². The van der Waals surface area contributed by atoms with Gasteiger partial charge in [-0.3, -0.25) is 9.79 Å². The number of hydrogen-bond donors (Lipinski definition) is 2. The summed E-state index contributed by atoms with van der Waals surface area (Å²) in [6.45, 7) is 7.12. The third-order valence-corrected chi connectivity index (χ3v) is 5.29. The zero-order valence-corrected chi connectivity index (χ0v) is 16.5. The molecule has 2 fully saturated rings. The number of hydrogen-bond acceptors (Lipinski definition) is 4. The Morgan fingerprint density at radius 2 is 2.00 bits per heavy atom. The third-order valence-electron chi connectivity index (χ3n) is 5.29. The van der Waals surface area contributed by atoms with Crippen LogP contribution in [0.5, 0.6) is 0 Å². The molecule has 1 aromatic carbocycles. The van der Waals surface area contributed by atoms with Crippen molar-refractivity contribution in [2.75, 3.05) is 64.8 Å². The first-order valence-corrected chi connectivity index (χ1v) is 9.89. The lowest BCUT2D eigenvalue weighted by molar-refractivity contribution is -0.117. The van der Waals surface area contributed by atoms with Gasteiger partial charge in [0.25, 0.3) is 0 Å². The van der Waals surface area contributed by atoms with E-state index in [1.54, 1.807) is 7.05 Å². The molecule has 27 heavy (non-hydrogen) atoms. The van der Waals surface area contributed by atoms with Gasteiger partial charge in [-0.1, -0.05) is 18.2 Å². The average molecular weight is 373 g/mol. The highest BCUT2D eigenvalue weighted by Crippen LogP contribution is 2.20. The molecule has 2 saturated heterocycles. The van der Waals surface area contributed by atoms with E-state index in [1.807, 2.05) is 35.2 Å². The van der Waals surface area contributed by atoms with Crippen LogP contribution in [0.2, 0.25) is 0 Å². The lowest BCUT2D eigenvalue weighted by Gasteiger charge is -2.22. The molecule has 2 heterocycles. The summed E-state index contributed by atoms with van der Waals surface area (Å²) < 4.78 is 0. The molecular formula is C20H32N6O. The largest absolute Gasteiger partial charge is 0.355 e. The van der Waals surface area contributed by atoms with Gasteiger partial charge in [0.1, 0.15) is 0 Å². The molecule has 1 atom stereocenters. The van der Waals surface area contributed by atoms with E-state index >= 15 is 0 Å². The first kappa shape index (κ1) is 19.6. The number of nitrogens with zero attached hydrogens (tertiary/aromatic N) is 4. The molecule has 7 heteroatoms. The lowest BCUT2D eigenvalue weighted by Crippen LogP contribution is -2.46. The second-order valence-electron chi connectivity index (χ2n) is 7.38. The van der Waals surface area contributed by atoms with Crippen LogP contribution in [-0.4, -0.2) is 87.6 Å². The van der Waals surface area contributed by atoms with Gasteiger partial charge in [0, 0.05) is 51.9 Å². The van der Waals surface area contributed by atoms with E-state index < -0.39 is 0 Å². The van der Waals surface area contributed by atoms with Gasteiger partial charge in [0.15, 0.2) is 5.96 Å². The summed E-state index contributed by atoms with van der Waals surface area (Å²) in [4.78, 5) is 23.4. The van der Waals surface area contributed by atoms with E-state index in [1.165, 1.54) is 13.0 Å². The molecule has 0 saturated carbocycles. The predicted molar refractivity (Wildman–Crippen MR) is 110 cm³/mol. The van der Waals surface area contributed by atoms with Crippen LogP contribution < -0.4 is 15.5 Å². The number of aliphatic imine (C=N–C) groups is 1. The minimum atomic E-state index is 0.0794. The van der Waals surface area contributed by atoms with Crippen molar-refractivity contribution in [2.24, 2.45) is 4.99 Å². The van der Waals surface area contributed by atoms with Gasteiger partial charge < -0.3 is 25.3 Å². The highest BCUT2D eigenvalue weighted by molar-refractivity contribution is 5.97. The Kier molecular flexibility index (Phi) is 7.06. The first-order chi connectivity index (χ1) is 13.2. The van der Waals surface area contributed by atoms with Crippen molar-refractivity contribution in [3.63, 3.8) is 0 Å². The molecule has 1 amide bonds. The number of guanidine groups is 1. The van der Waals surface area contributed by atoms with Crippen molar-refractivity contribution >= 4 is 17.6 Å². The summed E-state index contributed by atoms with van der Waals surface area (Å²) in [6, 6.07) is 9.93. The van der Waals surface area contributed by atoms with Crippen molar-refractivity contribution in [3.8, 4) is 0 Å². The molecule has 3 rings (SSSR count). The SMILES string of the molecule is CN=C(NCCN1CCCN(C)CC1)NC1CC(=O)N(c2ccccc2)C1. The molecule has 1 aromatic rings. The molecule has 7 nitrogen and oxygen atoms in total. The zero-order valence-electron chi connectivity index (χ0n) is 16.5. The molecular weight excluding hydrogens is 340 g/mol. The topological polar surface area (TPSA) is 63.2 Å². The second-order valence-corrected chi connectivity index (χ2v) is 7.38. The molecule has 0 bridgehead atoms. The highest BCUT2D eigenvalue weighted by Gasteiger charge is 2.31. The van der Waals surface area contributed by atoms with Crippen LogP contribution >= 0.6 is 0 Å². The summed E-state index contributed by atoms with van der Waals surface area (Å²) in [6.07, 6.45) is 1.72. The number of anilines is 1. The van der Waals surface area contributed by atoms with E-state index in [9.17, 15) is 4.79 Å². The predicted octanol–water partition coefficient (Wildman–Crippen LogP) is 0.594. The van der Waals surface area contributed by atoms with Gasteiger partial charge in [-0.2, -0.15) is 0 Å². The van der Waals surface area contributed by atoms with Crippen molar-refractivity contribution in [2.45, 2.75) is 18.9 Å². The lowest BCUT2D eigenvalue weighted by atomic mass is 10.2. The smallest absolute Gasteiger partial charge is 0.229 e. The van der Waals surface area contributed by atoms with Gasteiger partial charge in [-0.15, -0.1) is 0 Å². The fourth-order valence-corrected chi connectivity index (χ4v) is 3.71. The van der Waals surface area contributed by atoms with Crippen LogP contribution in [0.15, 0.2) is 35.3 Å². The molecule has 0 spiro atoms. The van der Waals surface area contributed by atoms with Gasteiger partial charge in [-0.05, 0) is 38.7 Å². The third kappa shape index (κ3) is 5.68. The fraction of sp³-hybridized carbons (Fsp3) is 0.600. The van der Waals surface area contributed by atoms with E-state index in [0.29, 0.717) is 13.0 Å². The summed E-state index contributed by atoms with van der Waals surface area (Å²) in [5, 5.41) is 6.80. The molecule has 1 unspecified atom stereocenters. The van der Waals surface area contributed by atoms with E-state index in [0.717, 1.165) is 44.4 Å². The maximum atomic E-state index is 12.3. The highest BCUT2D eigenvalue weighted by atomic mass is 16.2. The Morgan fingerprint density at radius 3 is 2.78 bits per heavy atom. The fourth-order valence-electron chi connectivity index (χ4n) is 3.71. The van der Waals surface area contributed by atoms with Crippen LogP contribution in [0.3, 0.4) is 0 Å². The van der Waals surface area contributed by atoms with Crippen molar-refractivity contribution in [1.82, 2.24) is 20.4 Å². The second kappa shape index (κ2) is 9.71. The van der Waals surface area contributed by atoms with Crippen molar-refractivity contribution in [1.29, 1.82) is 0 Å². The van der Waals surface area contributed by atoms with Gasteiger partial charge >= 0.3 is 0 Å².